The van der Waals surface area contributed by atoms with Gasteiger partial charge >= 0.3 is 0 Å². The zero-order valence-electron chi connectivity index (χ0n) is 14.8. The molecule has 0 aliphatic carbocycles. The third-order valence-corrected chi connectivity index (χ3v) is 5.18. The minimum atomic E-state index is -0.588. The van der Waals surface area contributed by atoms with Gasteiger partial charge in [0.05, 0.1) is 5.69 Å². The van der Waals surface area contributed by atoms with Gasteiger partial charge < -0.3 is 24.6 Å². The van der Waals surface area contributed by atoms with E-state index in [1.165, 1.54) is 0 Å². The van der Waals surface area contributed by atoms with Crippen LogP contribution in [-0.4, -0.2) is 41.8 Å². The highest BCUT2D eigenvalue weighted by Crippen LogP contribution is 2.34. The quantitative estimate of drug-likeness (QED) is 0.907. The molecular weight excluding hydrogens is 334 g/mol. The van der Waals surface area contributed by atoms with Crippen LogP contribution in [0.4, 0.5) is 5.88 Å². The number of nitrogen functional groups attached to an aromatic ring is 1. The van der Waals surface area contributed by atoms with Crippen LogP contribution in [0.1, 0.15) is 36.9 Å². The van der Waals surface area contributed by atoms with Gasteiger partial charge in [0.1, 0.15) is 6.61 Å². The van der Waals surface area contributed by atoms with E-state index < -0.39 is 6.10 Å². The standard InChI is InChI=1S/C19H23N3O4/c1-2-13-17(21-26-18(13)20)12-7-9-22(10-8-12)19(23)16-11-24-14-5-3-4-6-15(14)25-16/h3-6,12,16H,2,7-11,20H2,1H3. The van der Waals surface area contributed by atoms with E-state index in [0.717, 1.165) is 30.5 Å². The molecule has 2 aliphatic heterocycles. The Morgan fingerprint density at radius 3 is 2.73 bits per heavy atom. The van der Waals surface area contributed by atoms with Gasteiger partial charge in [-0.05, 0) is 31.4 Å². The molecule has 0 radical (unpaired) electrons. The van der Waals surface area contributed by atoms with Crippen LogP contribution in [0.5, 0.6) is 11.5 Å². The number of carbonyl (C=O) groups is 1. The Morgan fingerprint density at radius 1 is 1.27 bits per heavy atom. The number of aromatic nitrogens is 1. The fourth-order valence-electron chi connectivity index (χ4n) is 3.73. The monoisotopic (exact) mass is 357 g/mol. The summed E-state index contributed by atoms with van der Waals surface area (Å²) in [5.74, 6) is 1.98. The predicted octanol–water partition coefficient (Wildman–Crippen LogP) is 2.37. The molecule has 3 heterocycles. The van der Waals surface area contributed by atoms with Crippen LogP contribution >= 0.6 is 0 Å². The van der Waals surface area contributed by atoms with Crippen molar-refractivity contribution in [3.05, 3.63) is 35.5 Å². The molecule has 1 saturated heterocycles. The second kappa shape index (κ2) is 6.90. The van der Waals surface area contributed by atoms with E-state index in [2.05, 4.69) is 5.16 Å². The van der Waals surface area contributed by atoms with E-state index in [-0.39, 0.29) is 18.4 Å². The number of hydrogen-bond donors (Lipinski definition) is 1. The molecule has 1 amide bonds. The summed E-state index contributed by atoms with van der Waals surface area (Å²) in [6, 6.07) is 7.42. The van der Waals surface area contributed by atoms with E-state index in [1.54, 1.807) is 0 Å². The van der Waals surface area contributed by atoms with Crippen molar-refractivity contribution < 1.29 is 18.8 Å². The van der Waals surface area contributed by atoms with E-state index in [0.29, 0.717) is 30.5 Å². The zero-order chi connectivity index (χ0) is 18.1. The van der Waals surface area contributed by atoms with E-state index >= 15 is 0 Å². The summed E-state index contributed by atoms with van der Waals surface area (Å²) in [6.07, 6.45) is 1.90. The van der Waals surface area contributed by atoms with Crippen LogP contribution in [0.3, 0.4) is 0 Å². The van der Waals surface area contributed by atoms with E-state index in [9.17, 15) is 4.79 Å². The number of rotatable bonds is 3. The molecule has 0 bridgehead atoms. The number of amides is 1. The number of likely N-dealkylation sites (tertiary alicyclic amines) is 1. The predicted molar refractivity (Wildman–Crippen MR) is 95.2 cm³/mol. The maximum atomic E-state index is 12.8. The van der Waals surface area contributed by atoms with Gasteiger partial charge in [0.2, 0.25) is 12.0 Å². The van der Waals surface area contributed by atoms with Crippen LogP contribution in [0, 0.1) is 0 Å². The number of hydrogen-bond acceptors (Lipinski definition) is 6. The number of nitrogens with zero attached hydrogens (tertiary/aromatic N) is 2. The lowest BCUT2D eigenvalue weighted by atomic mass is 9.90. The van der Waals surface area contributed by atoms with Crippen LogP contribution in [-0.2, 0) is 11.2 Å². The van der Waals surface area contributed by atoms with Crippen molar-refractivity contribution in [2.75, 3.05) is 25.4 Å². The summed E-state index contributed by atoms with van der Waals surface area (Å²) in [6.45, 7) is 3.63. The van der Waals surface area contributed by atoms with Crippen molar-refractivity contribution in [1.29, 1.82) is 0 Å². The molecule has 0 spiro atoms. The Kier molecular flexibility index (Phi) is 4.44. The first-order valence-electron chi connectivity index (χ1n) is 9.08. The zero-order valence-corrected chi connectivity index (χ0v) is 14.8. The average molecular weight is 357 g/mol. The van der Waals surface area contributed by atoms with Crippen LogP contribution in [0.2, 0.25) is 0 Å². The van der Waals surface area contributed by atoms with Crippen molar-refractivity contribution in [3.8, 4) is 11.5 Å². The molecule has 26 heavy (non-hydrogen) atoms. The molecule has 2 aliphatic rings. The number of para-hydroxylation sites is 2. The Bertz CT molecular complexity index is 796. The molecule has 1 aromatic carbocycles. The van der Waals surface area contributed by atoms with Crippen LogP contribution in [0.15, 0.2) is 28.8 Å². The number of benzene rings is 1. The van der Waals surface area contributed by atoms with Crippen molar-refractivity contribution in [3.63, 3.8) is 0 Å². The average Bonchev–Trinajstić information content (AvgIpc) is 3.07. The number of nitrogens with two attached hydrogens (primary N) is 1. The van der Waals surface area contributed by atoms with Gasteiger partial charge in [0, 0.05) is 24.6 Å². The summed E-state index contributed by atoms with van der Waals surface area (Å²) >= 11 is 0. The first kappa shape index (κ1) is 16.8. The Labute approximate surface area is 152 Å². The van der Waals surface area contributed by atoms with Crippen molar-refractivity contribution >= 4 is 11.8 Å². The van der Waals surface area contributed by atoms with Gasteiger partial charge in [-0.3, -0.25) is 4.79 Å². The molecule has 1 unspecified atom stereocenters. The minimum absolute atomic E-state index is 0.0201. The summed E-state index contributed by atoms with van der Waals surface area (Å²) < 4.78 is 16.7. The number of fused-ring (bicyclic) bond motifs is 1. The van der Waals surface area contributed by atoms with Crippen LogP contribution in [0.25, 0.3) is 0 Å². The fraction of sp³-hybridized carbons (Fsp3) is 0.474. The van der Waals surface area contributed by atoms with Crippen molar-refractivity contribution in [1.82, 2.24) is 10.1 Å². The Balaban J connectivity index is 1.38. The number of anilines is 1. The first-order valence-corrected chi connectivity index (χ1v) is 9.08. The molecule has 138 valence electrons. The molecule has 7 nitrogen and oxygen atoms in total. The SMILES string of the molecule is CCc1c(C2CCN(C(=O)C3COc4ccccc4O3)CC2)noc1N. The molecule has 1 atom stereocenters. The van der Waals surface area contributed by atoms with Crippen LogP contribution < -0.4 is 15.2 Å². The summed E-state index contributed by atoms with van der Waals surface area (Å²) in [5, 5.41) is 4.15. The normalized spacial score (nSPS) is 20.2. The third kappa shape index (κ3) is 2.98. The Hall–Kier alpha value is -2.70. The highest BCUT2D eigenvalue weighted by atomic mass is 16.6. The smallest absolute Gasteiger partial charge is 0.267 e. The van der Waals surface area contributed by atoms with E-state index in [4.69, 9.17) is 19.7 Å². The Morgan fingerprint density at radius 2 is 2.00 bits per heavy atom. The second-order valence-corrected chi connectivity index (χ2v) is 6.73. The van der Waals surface area contributed by atoms with Gasteiger partial charge in [-0.2, -0.15) is 0 Å². The molecule has 0 saturated carbocycles. The lowest BCUT2D eigenvalue weighted by Gasteiger charge is -2.35. The first-order chi connectivity index (χ1) is 12.7. The third-order valence-electron chi connectivity index (χ3n) is 5.18. The molecule has 1 aromatic heterocycles. The largest absolute Gasteiger partial charge is 0.485 e. The van der Waals surface area contributed by atoms with Crippen molar-refractivity contribution in [2.45, 2.75) is 38.2 Å². The topological polar surface area (TPSA) is 90.8 Å². The summed E-state index contributed by atoms with van der Waals surface area (Å²) in [5.41, 5.74) is 7.79. The molecule has 2 aromatic rings. The number of ether oxygens (including phenoxy) is 2. The van der Waals surface area contributed by atoms with Gasteiger partial charge in [0.15, 0.2) is 11.5 Å². The van der Waals surface area contributed by atoms with Gasteiger partial charge in [0.25, 0.3) is 5.91 Å². The maximum absolute atomic E-state index is 12.8. The fourth-order valence-corrected chi connectivity index (χ4v) is 3.73. The maximum Gasteiger partial charge on any atom is 0.267 e. The molecule has 1 fully saturated rings. The lowest BCUT2D eigenvalue weighted by molar-refractivity contribution is -0.142. The highest BCUT2D eigenvalue weighted by molar-refractivity contribution is 5.82. The van der Waals surface area contributed by atoms with Crippen molar-refractivity contribution in [2.24, 2.45) is 0 Å². The highest BCUT2D eigenvalue weighted by Gasteiger charge is 2.34. The number of carbonyl (C=O) groups excluding carboxylic acids is 1. The molecule has 2 N–H and O–H groups in total. The van der Waals surface area contributed by atoms with Gasteiger partial charge in [-0.15, -0.1) is 0 Å². The molecule has 7 heteroatoms. The van der Waals surface area contributed by atoms with Gasteiger partial charge in [-0.1, -0.05) is 24.2 Å². The second-order valence-electron chi connectivity index (χ2n) is 6.73. The summed E-state index contributed by atoms with van der Waals surface area (Å²) in [7, 11) is 0. The molecule has 4 rings (SSSR count). The number of piperidine rings is 1. The minimum Gasteiger partial charge on any atom is -0.485 e. The molecular formula is C19H23N3O4. The van der Waals surface area contributed by atoms with Gasteiger partial charge in [-0.25, -0.2) is 0 Å². The lowest BCUT2D eigenvalue weighted by Crippen LogP contribution is -2.48. The van der Waals surface area contributed by atoms with E-state index in [1.807, 2.05) is 36.1 Å². The summed E-state index contributed by atoms with van der Waals surface area (Å²) in [4.78, 5) is 14.7.